The molecule has 75 valence electrons. The van der Waals surface area contributed by atoms with Crippen LogP contribution in [0.25, 0.3) is 0 Å². The Balaban J connectivity index is 2.05. The van der Waals surface area contributed by atoms with Crippen molar-refractivity contribution in [3.8, 4) is 0 Å². The lowest BCUT2D eigenvalue weighted by atomic mass is 9.74. The van der Waals surface area contributed by atoms with E-state index in [1.165, 1.54) is 17.5 Å². The van der Waals surface area contributed by atoms with Crippen LogP contribution in [0.3, 0.4) is 0 Å². The molecule has 0 N–H and O–H groups in total. The van der Waals surface area contributed by atoms with Crippen LogP contribution in [-0.4, -0.2) is 0 Å². The van der Waals surface area contributed by atoms with E-state index in [0.717, 1.165) is 6.42 Å². The highest BCUT2D eigenvalue weighted by molar-refractivity contribution is 5.39. The van der Waals surface area contributed by atoms with Gasteiger partial charge in [-0.15, -0.1) is 0 Å². The maximum Gasteiger partial charge on any atom is 0.00579 e. The zero-order valence-corrected chi connectivity index (χ0v) is 8.77. The minimum absolute atomic E-state index is 0.602. The summed E-state index contributed by atoms with van der Waals surface area (Å²) in [4.78, 5) is 0. The Morgan fingerprint density at radius 2 is 2.00 bits per heavy atom. The molecule has 2 aliphatic rings. The second-order valence-corrected chi connectivity index (χ2v) is 4.38. The molecule has 2 unspecified atom stereocenters. The summed E-state index contributed by atoms with van der Waals surface area (Å²) in [6.07, 6.45) is 13.8. The zero-order chi connectivity index (χ0) is 10.1. The Morgan fingerprint density at radius 3 is 3.00 bits per heavy atom. The molecule has 15 heavy (non-hydrogen) atoms. The van der Waals surface area contributed by atoms with Crippen molar-refractivity contribution in [1.82, 2.24) is 0 Å². The summed E-state index contributed by atoms with van der Waals surface area (Å²) in [7, 11) is 0. The van der Waals surface area contributed by atoms with Crippen molar-refractivity contribution in [3.05, 3.63) is 66.1 Å². The highest BCUT2D eigenvalue weighted by atomic mass is 14.3. The van der Waals surface area contributed by atoms with Gasteiger partial charge in [0.15, 0.2) is 0 Å². The molecule has 1 radical (unpaired) electrons. The standard InChI is InChI=1S/C15H15/c1-2-6-12-10-11-13-7-4-5-9-15(13)14(12)8-3-1/h1-5,7-10,12,14H,6,11H2. The highest BCUT2D eigenvalue weighted by Crippen LogP contribution is 2.39. The van der Waals surface area contributed by atoms with Crippen molar-refractivity contribution in [2.45, 2.75) is 18.8 Å². The van der Waals surface area contributed by atoms with Crippen molar-refractivity contribution in [1.29, 1.82) is 0 Å². The molecule has 0 saturated carbocycles. The van der Waals surface area contributed by atoms with Crippen molar-refractivity contribution in [2.24, 2.45) is 5.92 Å². The predicted molar refractivity (Wildman–Crippen MR) is 63.6 cm³/mol. The van der Waals surface area contributed by atoms with E-state index in [4.69, 9.17) is 0 Å². The molecule has 2 atom stereocenters. The Bertz CT molecular complexity index is 412. The van der Waals surface area contributed by atoms with E-state index in [0.29, 0.717) is 11.8 Å². The third-order valence-electron chi connectivity index (χ3n) is 3.49. The van der Waals surface area contributed by atoms with Crippen LogP contribution in [0.5, 0.6) is 0 Å². The minimum atomic E-state index is 0.602. The van der Waals surface area contributed by atoms with Gasteiger partial charge in [0.05, 0.1) is 0 Å². The molecule has 0 amide bonds. The van der Waals surface area contributed by atoms with Crippen LogP contribution < -0.4 is 0 Å². The predicted octanol–water partition coefficient (Wildman–Crippen LogP) is 3.66. The average molecular weight is 195 g/mol. The molecule has 0 heterocycles. The number of allylic oxidation sites excluding steroid dienone is 4. The Morgan fingerprint density at radius 1 is 1.07 bits per heavy atom. The Kier molecular flexibility index (Phi) is 2.21. The number of hydrogen-bond acceptors (Lipinski definition) is 0. The fourth-order valence-electron chi connectivity index (χ4n) is 2.69. The maximum absolute atomic E-state index is 2.48. The SMILES string of the molecule is [CH]1Cc2ccccc2C2C=CC=CCC12. The first-order chi connectivity index (χ1) is 7.45. The minimum Gasteiger partial charge on any atom is -0.0842 e. The summed E-state index contributed by atoms with van der Waals surface area (Å²) >= 11 is 0. The zero-order valence-electron chi connectivity index (χ0n) is 8.77. The molecule has 0 saturated heterocycles. The Hall–Kier alpha value is -1.30. The van der Waals surface area contributed by atoms with Gasteiger partial charge in [0.2, 0.25) is 0 Å². The van der Waals surface area contributed by atoms with Crippen LogP contribution in [0.2, 0.25) is 0 Å². The highest BCUT2D eigenvalue weighted by Gasteiger charge is 2.27. The first-order valence-corrected chi connectivity index (χ1v) is 5.69. The Labute approximate surface area is 91.3 Å². The molecule has 0 spiro atoms. The molecular weight excluding hydrogens is 180 g/mol. The number of fused-ring (bicyclic) bond motifs is 3. The van der Waals surface area contributed by atoms with Crippen LogP contribution in [0.4, 0.5) is 0 Å². The van der Waals surface area contributed by atoms with E-state index in [-0.39, 0.29) is 0 Å². The monoisotopic (exact) mass is 195 g/mol. The van der Waals surface area contributed by atoms with Gasteiger partial charge in [-0.1, -0.05) is 48.6 Å². The molecule has 3 rings (SSSR count). The van der Waals surface area contributed by atoms with E-state index in [1.54, 1.807) is 0 Å². The van der Waals surface area contributed by atoms with Crippen LogP contribution in [0.15, 0.2) is 48.6 Å². The summed E-state index contributed by atoms with van der Waals surface area (Å²) in [5.41, 5.74) is 3.04. The smallest absolute Gasteiger partial charge is 0.00579 e. The summed E-state index contributed by atoms with van der Waals surface area (Å²) in [6.45, 7) is 0. The van der Waals surface area contributed by atoms with Gasteiger partial charge in [0, 0.05) is 5.92 Å². The maximum atomic E-state index is 2.48. The largest absolute Gasteiger partial charge is 0.0842 e. The van der Waals surface area contributed by atoms with Crippen LogP contribution in [-0.2, 0) is 6.42 Å². The van der Waals surface area contributed by atoms with Crippen molar-refractivity contribution < 1.29 is 0 Å². The van der Waals surface area contributed by atoms with Crippen molar-refractivity contribution >= 4 is 0 Å². The molecule has 0 nitrogen and oxygen atoms in total. The molecular formula is C15H15. The van der Waals surface area contributed by atoms with Crippen LogP contribution >= 0.6 is 0 Å². The number of benzene rings is 1. The topological polar surface area (TPSA) is 0 Å². The van der Waals surface area contributed by atoms with Gasteiger partial charge < -0.3 is 0 Å². The lowest BCUT2D eigenvalue weighted by molar-refractivity contribution is 0.518. The van der Waals surface area contributed by atoms with Gasteiger partial charge >= 0.3 is 0 Å². The van der Waals surface area contributed by atoms with Crippen LogP contribution in [0, 0.1) is 12.3 Å². The van der Waals surface area contributed by atoms with E-state index in [2.05, 4.69) is 55.0 Å². The van der Waals surface area contributed by atoms with E-state index in [9.17, 15) is 0 Å². The quantitative estimate of drug-likeness (QED) is 0.592. The normalized spacial score (nSPS) is 28.0. The second-order valence-electron chi connectivity index (χ2n) is 4.38. The first kappa shape index (κ1) is 8.96. The molecule has 0 aromatic heterocycles. The molecule has 2 aliphatic carbocycles. The van der Waals surface area contributed by atoms with Gasteiger partial charge in [-0.2, -0.15) is 0 Å². The van der Waals surface area contributed by atoms with Gasteiger partial charge in [-0.25, -0.2) is 0 Å². The molecule has 0 aliphatic heterocycles. The van der Waals surface area contributed by atoms with Crippen LogP contribution in [0.1, 0.15) is 23.5 Å². The lowest BCUT2D eigenvalue weighted by Gasteiger charge is -2.30. The molecule has 0 bridgehead atoms. The molecule has 1 aromatic rings. The van der Waals surface area contributed by atoms with E-state index in [1.807, 2.05) is 0 Å². The fraction of sp³-hybridized carbons (Fsp3) is 0.267. The number of hydrogen-bond donors (Lipinski definition) is 0. The van der Waals surface area contributed by atoms with E-state index < -0.39 is 0 Å². The molecule has 0 fully saturated rings. The lowest BCUT2D eigenvalue weighted by Crippen LogP contribution is -2.19. The van der Waals surface area contributed by atoms with Gasteiger partial charge in [0.1, 0.15) is 0 Å². The second kappa shape index (κ2) is 3.69. The third kappa shape index (κ3) is 1.54. The molecule has 0 heteroatoms. The number of rotatable bonds is 0. The summed E-state index contributed by atoms with van der Waals surface area (Å²) < 4.78 is 0. The van der Waals surface area contributed by atoms with Crippen molar-refractivity contribution in [2.75, 3.05) is 0 Å². The third-order valence-corrected chi connectivity index (χ3v) is 3.49. The summed E-state index contributed by atoms with van der Waals surface area (Å²) in [5, 5.41) is 0. The van der Waals surface area contributed by atoms with Gasteiger partial charge in [-0.3, -0.25) is 0 Å². The average Bonchev–Trinajstić information content (AvgIpc) is 2.54. The van der Waals surface area contributed by atoms with Crippen molar-refractivity contribution in [3.63, 3.8) is 0 Å². The molecule has 1 aromatic carbocycles. The van der Waals surface area contributed by atoms with E-state index >= 15 is 0 Å². The van der Waals surface area contributed by atoms with Gasteiger partial charge in [-0.05, 0) is 36.3 Å². The first-order valence-electron chi connectivity index (χ1n) is 5.69. The fourth-order valence-corrected chi connectivity index (χ4v) is 2.69. The summed E-state index contributed by atoms with van der Waals surface area (Å²) in [6, 6.07) is 8.85. The van der Waals surface area contributed by atoms with Gasteiger partial charge in [0.25, 0.3) is 0 Å². The summed E-state index contributed by atoms with van der Waals surface area (Å²) in [5.74, 6) is 1.31.